The fourth-order valence-electron chi connectivity index (χ4n) is 3.89. The van der Waals surface area contributed by atoms with Crippen molar-refractivity contribution in [2.24, 2.45) is 11.7 Å². The van der Waals surface area contributed by atoms with Gasteiger partial charge in [0.05, 0.1) is 12.0 Å². The third-order valence-electron chi connectivity index (χ3n) is 4.98. The third-order valence-corrected chi connectivity index (χ3v) is 6.12. The van der Waals surface area contributed by atoms with Gasteiger partial charge in [0.25, 0.3) is 0 Å². The molecule has 1 aliphatic carbocycles. The number of allylic oxidation sites excluding steroid dienone is 1. The molecule has 0 amide bonds. The average Bonchev–Trinajstić information content (AvgIpc) is 2.95. The fraction of sp³-hybridized carbons (Fsp3) is 0.684. The van der Waals surface area contributed by atoms with Crippen molar-refractivity contribution >= 4 is 11.8 Å². The Kier molecular flexibility index (Phi) is 5.61. The van der Waals surface area contributed by atoms with Crippen LogP contribution in [0.15, 0.2) is 34.8 Å². The van der Waals surface area contributed by atoms with Gasteiger partial charge >= 0.3 is 0 Å². The molecule has 26 heavy (non-hydrogen) atoms. The molecule has 7 heteroatoms. The lowest BCUT2D eigenvalue weighted by atomic mass is 9.81. The van der Waals surface area contributed by atoms with E-state index in [2.05, 4.69) is 43.3 Å². The molecular formula is C19H30FN3O2S. The van der Waals surface area contributed by atoms with Crippen LogP contribution in [0.1, 0.15) is 33.6 Å². The molecule has 0 aromatic heterocycles. The summed E-state index contributed by atoms with van der Waals surface area (Å²) in [6.45, 7) is 6.53. The Balaban J connectivity index is 1.81. The third kappa shape index (κ3) is 3.89. The molecule has 5 unspecified atom stereocenters. The molecule has 5 atom stereocenters. The number of thioether (sulfide) groups is 1. The summed E-state index contributed by atoms with van der Waals surface area (Å²) in [5.41, 5.74) is 7.26. The number of nitrogens with zero attached hydrogens (tertiary/aromatic N) is 1. The Labute approximate surface area is 159 Å². The molecule has 0 saturated heterocycles. The highest BCUT2D eigenvalue weighted by Crippen LogP contribution is 2.42. The van der Waals surface area contributed by atoms with Gasteiger partial charge in [-0.1, -0.05) is 20.8 Å². The van der Waals surface area contributed by atoms with Gasteiger partial charge in [-0.3, -0.25) is 0 Å². The molecule has 1 fully saturated rings. The predicted octanol–water partition coefficient (Wildman–Crippen LogP) is 3.07. The van der Waals surface area contributed by atoms with Crippen molar-refractivity contribution < 1.29 is 13.9 Å². The second-order valence-electron chi connectivity index (χ2n) is 8.08. The Morgan fingerprint density at radius 3 is 2.62 bits per heavy atom. The molecule has 2 heterocycles. The molecule has 0 radical (unpaired) electrons. The summed E-state index contributed by atoms with van der Waals surface area (Å²) < 4.78 is 25.4. The summed E-state index contributed by atoms with van der Waals surface area (Å²) in [7, 11) is 3.23. The van der Waals surface area contributed by atoms with Crippen LogP contribution in [-0.4, -0.2) is 48.3 Å². The first kappa shape index (κ1) is 19.6. The van der Waals surface area contributed by atoms with Gasteiger partial charge in [-0.15, -0.1) is 11.8 Å². The van der Waals surface area contributed by atoms with E-state index in [4.69, 9.17) is 15.2 Å². The van der Waals surface area contributed by atoms with E-state index in [1.54, 1.807) is 18.9 Å². The summed E-state index contributed by atoms with van der Waals surface area (Å²) in [5, 5.41) is 3.37. The molecule has 3 N–H and O–H groups in total. The molecule has 0 bridgehead atoms. The first-order chi connectivity index (χ1) is 12.2. The van der Waals surface area contributed by atoms with E-state index in [1.165, 1.54) is 7.11 Å². The first-order valence-corrected chi connectivity index (χ1v) is 9.89. The average molecular weight is 384 g/mol. The lowest BCUT2D eigenvalue weighted by molar-refractivity contribution is -0.0204. The van der Waals surface area contributed by atoms with Crippen molar-refractivity contribution in [1.82, 2.24) is 10.2 Å². The fourth-order valence-corrected chi connectivity index (χ4v) is 4.96. The highest BCUT2D eigenvalue weighted by molar-refractivity contribution is 8.04. The van der Waals surface area contributed by atoms with E-state index in [1.807, 2.05) is 6.20 Å². The number of nitrogens with one attached hydrogen (secondary N) is 1. The van der Waals surface area contributed by atoms with Crippen LogP contribution in [-0.2, 0) is 9.47 Å². The Bertz CT molecular complexity index is 617. The molecular weight excluding hydrogens is 353 g/mol. The van der Waals surface area contributed by atoms with E-state index in [0.29, 0.717) is 12.8 Å². The van der Waals surface area contributed by atoms with Crippen molar-refractivity contribution in [3.05, 3.63) is 34.8 Å². The van der Waals surface area contributed by atoms with Gasteiger partial charge in [0.15, 0.2) is 0 Å². The molecule has 0 aromatic rings. The van der Waals surface area contributed by atoms with Crippen LogP contribution < -0.4 is 11.1 Å². The SMILES string of the molecule is COC1=CC2NC=C(C3CC(N)C(OC)C(F)C3)N2C=C1SC(C)(C)C. The van der Waals surface area contributed by atoms with Crippen LogP contribution in [0, 0.1) is 5.92 Å². The Hall–Kier alpha value is -1.18. The van der Waals surface area contributed by atoms with Crippen LogP contribution in [0.4, 0.5) is 4.39 Å². The molecule has 0 aromatic carbocycles. The van der Waals surface area contributed by atoms with Gasteiger partial charge in [-0.05, 0) is 12.8 Å². The number of methoxy groups -OCH3 is 2. The van der Waals surface area contributed by atoms with Gasteiger partial charge < -0.3 is 25.4 Å². The van der Waals surface area contributed by atoms with E-state index in [0.717, 1.165) is 16.4 Å². The zero-order valence-electron chi connectivity index (χ0n) is 16.2. The molecule has 2 aliphatic heterocycles. The number of ether oxygens (including phenoxy) is 2. The lowest BCUT2D eigenvalue weighted by Crippen LogP contribution is -2.49. The second kappa shape index (κ2) is 7.44. The maximum absolute atomic E-state index is 14.5. The number of hydrogen-bond donors (Lipinski definition) is 2. The maximum atomic E-state index is 14.5. The summed E-state index contributed by atoms with van der Waals surface area (Å²) in [6, 6.07) is -0.295. The largest absolute Gasteiger partial charge is 0.496 e. The van der Waals surface area contributed by atoms with Crippen LogP contribution in [0.25, 0.3) is 0 Å². The predicted molar refractivity (Wildman–Crippen MR) is 104 cm³/mol. The van der Waals surface area contributed by atoms with Gasteiger partial charge in [0.2, 0.25) is 0 Å². The van der Waals surface area contributed by atoms with Gasteiger partial charge in [-0.25, -0.2) is 4.39 Å². The smallest absolute Gasteiger partial charge is 0.133 e. The maximum Gasteiger partial charge on any atom is 0.133 e. The van der Waals surface area contributed by atoms with Crippen molar-refractivity contribution in [3.8, 4) is 0 Å². The quantitative estimate of drug-likeness (QED) is 0.778. The summed E-state index contributed by atoms with van der Waals surface area (Å²) in [4.78, 5) is 3.27. The van der Waals surface area contributed by atoms with E-state index in [9.17, 15) is 4.39 Å². The zero-order chi connectivity index (χ0) is 19.1. The van der Waals surface area contributed by atoms with Crippen LogP contribution in [0.5, 0.6) is 0 Å². The summed E-state index contributed by atoms with van der Waals surface area (Å²) >= 11 is 1.77. The van der Waals surface area contributed by atoms with Crippen molar-refractivity contribution in [3.63, 3.8) is 0 Å². The highest BCUT2D eigenvalue weighted by atomic mass is 32.2. The van der Waals surface area contributed by atoms with Gasteiger partial charge in [-0.2, -0.15) is 0 Å². The molecule has 5 nitrogen and oxygen atoms in total. The standard InChI is InChI=1S/C19H30FN3O2S/c1-19(2,3)26-16-10-23-14(9-22-17(23)8-15(16)24-4)11-6-12(20)18(25-5)13(21)7-11/h8-13,17-18,22H,6-7,21H2,1-5H3. The summed E-state index contributed by atoms with van der Waals surface area (Å²) in [5.74, 6) is 0.940. The molecule has 3 rings (SSSR count). The van der Waals surface area contributed by atoms with Crippen molar-refractivity contribution in [2.75, 3.05) is 14.2 Å². The molecule has 3 aliphatic rings. The monoisotopic (exact) mass is 383 g/mol. The number of hydrogen-bond acceptors (Lipinski definition) is 6. The minimum Gasteiger partial charge on any atom is -0.496 e. The van der Waals surface area contributed by atoms with E-state index >= 15 is 0 Å². The minimum atomic E-state index is -1.05. The van der Waals surface area contributed by atoms with Crippen LogP contribution in [0.2, 0.25) is 0 Å². The number of fused-ring (bicyclic) bond motifs is 1. The van der Waals surface area contributed by atoms with Crippen LogP contribution >= 0.6 is 11.8 Å². The lowest BCUT2D eigenvalue weighted by Gasteiger charge is -2.39. The molecule has 146 valence electrons. The normalized spacial score (nSPS) is 34.5. The van der Waals surface area contributed by atoms with Crippen molar-refractivity contribution in [1.29, 1.82) is 0 Å². The Morgan fingerprint density at radius 1 is 1.31 bits per heavy atom. The van der Waals surface area contributed by atoms with E-state index in [-0.39, 0.29) is 22.9 Å². The van der Waals surface area contributed by atoms with Crippen molar-refractivity contribution in [2.45, 2.75) is 62.8 Å². The zero-order valence-corrected chi connectivity index (χ0v) is 17.0. The minimum absolute atomic E-state index is 0.00120. The first-order valence-electron chi connectivity index (χ1n) is 9.07. The van der Waals surface area contributed by atoms with Gasteiger partial charge in [0, 0.05) is 48.0 Å². The number of nitrogens with two attached hydrogens (primary N) is 1. The van der Waals surface area contributed by atoms with Crippen LogP contribution in [0.3, 0.4) is 0 Å². The highest BCUT2D eigenvalue weighted by Gasteiger charge is 2.41. The number of halogens is 1. The number of rotatable bonds is 4. The Morgan fingerprint density at radius 2 is 2.04 bits per heavy atom. The molecule has 1 saturated carbocycles. The molecule has 0 spiro atoms. The summed E-state index contributed by atoms with van der Waals surface area (Å²) in [6.07, 6.45) is 5.77. The topological polar surface area (TPSA) is 59.8 Å². The number of alkyl halides is 1. The van der Waals surface area contributed by atoms with E-state index < -0.39 is 12.3 Å². The van der Waals surface area contributed by atoms with Gasteiger partial charge in [0.1, 0.15) is 24.2 Å². The second-order valence-corrected chi connectivity index (χ2v) is 9.95.